The third-order valence-corrected chi connectivity index (χ3v) is 5.09. The van der Waals surface area contributed by atoms with Crippen molar-refractivity contribution in [2.45, 2.75) is 39.8 Å². The second kappa shape index (κ2) is 6.29. The number of fused-ring (bicyclic) bond motifs is 2. The van der Waals surface area contributed by atoms with E-state index in [1.165, 1.54) is 0 Å². The van der Waals surface area contributed by atoms with Gasteiger partial charge in [-0.2, -0.15) is 0 Å². The number of nitrogens with one attached hydrogen (secondary N) is 1. The van der Waals surface area contributed by atoms with Crippen molar-refractivity contribution in [3.63, 3.8) is 0 Å². The average molecular weight is 371 g/mol. The van der Waals surface area contributed by atoms with E-state index >= 15 is 0 Å². The Morgan fingerprint density at radius 2 is 2.12 bits per heavy atom. The number of carbonyl (C=O) groups is 1. The van der Waals surface area contributed by atoms with Gasteiger partial charge in [-0.15, -0.1) is 0 Å². The molecule has 134 valence electrons. The highest BCUT2D eigenvalue weighted by atomic mass is 35.5. The predicted molar refractivity (Wildman–Crippen MR) is 102 cm³/mol. The predicted octanol–water partition coefficient (Wildman–Crippen LogP) is 3.05. The molecule has 0 aliphatic carbocycles. The molecule has 0 atom stereocenters. The Kier molecular flexibility index (Phi) is 4.07. The van der Waals surface area contributed by atoms with Crippen molar-refractivity contribution in [2.75, 3.05) is 5.32 Å². The lowest BCUT2D eigenvalue weighted by Gasteiger charge is -2.11. The minimum absolute atomic E-state index is 0.0375. The van der Waals surface area contributed by atoms with E-state index < -0.39 is 0 Å². The standard InChI is InChI=1S/C19H19ClN4O2/c1-11-5-6-14(13(20)8-11)22-17(25)10-24-12(2)9-15-18(24)19(26)23-7-3-4-16(23)21-15/h5-6,8-9H,3-4,7,10H2,1-2H3,(H,22,25). The number of amides is 1. The Labute approximate surface area is 155 Å². The van der Waals surface area contributed by atoms with Crippen LogP contribution in [0.5, 0.6) is 0 Å². The lowest BCUT2D eigenvalue weighted by Crippen LogP contribution is -2.26. The first kappa shape index (κ1) is 16.8. The Morgan fingerprint density at radius 3 is 2.88 bits per heavy atom. The van der Waals surface area contributed by atoms with Gasteiger partial charge in [-0.1, -0.05) is 17.7 Å². The molecule has 0 saturated heterocycles. The Hall–Kier alpha value is -2.60. The summed E-state index contributed by atoms with van der Waals surface area (Å²) in [7, 11) is 0. The Bertz CT molecular complexity index is 1100. The van der Waals surface area contributed by atoms with Gasteiger partial charge in [0.25, 0.3) is 5.56 Å². The fraction of sp³-hybridized carbons (Fsp3) is 0.316. The van der Waals surface area contributed by atoms with Gasteiger partial charge in [0.2, 0.25) is 5.91 Å². The van der Waals surface area contributed by atoms with Gasteiger partial charge in [-0.3, -0.25) is 14.2 Å². The summed E-state index contributed by atoms with van der Waals surface area (Å²) in [5, 5.41) is 3.31. The minimum Gasteiger partial charge on any atom is -0.330 e. The van der Waals surface area contributed by atoms with Crippen LogP contribution in [0.15, 0.2) is 29.1 Å². The molecular weight excluding hydrogens is 352 g/mol. The molecule has 0 bridgehead atoms. The Morgan fingerprint density at radius 1 is 1.31 bits per heavy atom. The first-order chi connectivity index (χ1) is 12.4. The van der Waals surface area contributed by atoms with Crippen molar-refractivity contribution in [1.82, 2.24) is 14.1 Å². The van der Waals surface area contributed by atoms with E-state index in [0.717, 1.165) is 29.9 Å². The van der Waals surface area contributed by atoms with E-state index in [1.54, 1.807) is 21.3 Å². The summed E-state index contributed by atoms with van der Waals surface area (Å²) < 4.78 is 3.45. The van der Waals surface area contributed by atoms with Crippen molar-refractivity contribution in [3.05, 3.63) is 56.7 Å². The van der Waals surface area contributed by atoms with Gasteiger partial charge in [0.1, 0.15) is 17.9 Å². The third-order valence-electron chi connectivity index (χ3n) is 4.78. The SMILES string of the molecule is Cc1ccc(NC(=O)Cn2c(C)cc3nc4n(c(=O)c32)CCC4)c(Cl)c1. The molecule has 1 aliphatic rings. The molecule has 1 aromatic carbocycles. The highest BCUT2D eigenvalue weighted by Gasteiger charge is 2.20. The van der Waals surface area contributed by atoms with Crippen molar-refractivity contribution < 1.29 is 4.79 Å². The van der Waals surface area contributed by atoms with Crippen molar-refractivity contribution >= 4 is 34.2 Å². The second-order valence-electron chi connectivity index (χ2n) is 6.73. The number of hydrogen-bond donors (Lipinski definition) is 1. The van der Waals surface area contributed by atoms with Crippen molar-refractivity contribution in [3.8, 4) is 0 Å². The highest BCUT2D eigenvalue weighted by Crippen LogP contribution is 2.23. The molecule has 1 N–H and O–H groups in total. The van der Waals surface area contributed by atoms with Crippen LogP contribution in [-0.2, 0) is 24.3 Å². The largest absolute Gasteiger partial charge is 0.330 e. The first-order valence-electron chi connectivity index (χ1n) is 8.59. The summed E-state index contributed by atoms with van der Waals surface area (Å²) >= 11 is 6.19. The normalized spacial score (nSPS) is 13.2. The zero-order valence-electron chi connectivity index (χ0n) is 14.7. The lowest BCUT2D eigenvalue weighted by atomic mass is 10.2. The zero-order chi connectivity index (χ0) is 18.4. The maximum absolute atomic E-state index is 12.8. The van der Waals surface area contributed by atoms with Gasteiger partial charge in [-0.05, 0) is 44.0 Å². The molecule has 4 rings (SSSR count). The van der Waals surface area contributed by atoms with Gasteiger partial charge in [0, 0.05) is 18.7 Å². The summed E-state index contributed by atoms with van der Waals surface area (Å²) in [5.74, 6) is 0.594. The minimum atomic E-state index is -0.235. The van der Waals surface area contributed by atoms with Gasteiger partial charge in [0.15, 0.2) is 0 Å². The summed E-state index contributed by atoms with van der Waals surface area (Å²) in [6.45, 7) is 4.54. The smallest absolute Gasteiger partial charge is 0.278 e. The summed E-state index contributed by atoms with van der Waals surface area (Å²) in [4.78, 5) is 30.0. The number of rotatable bonds is 3. The molecule has 3 heterocycles. The number of halogens is 1. The van der Waals surface area contributed by atoms with Crippen LogP contribution in [0.4, 0.5) is 5.69 Å². The van der Waals surface area contributed by atoms with E-state index in [1.807, 2.05) is 26.0 Å². The van der Waals surface area contributed by atoms with Gasteiger partial charge in [0.05, 0.1) is 16.2 Å². The van der Waals surface area contributed by atoms with Crippen LogP contribution in [0.3, 0.4) is 0 Å². The summed E-state index contributed by atoms with van der Waals surface area (Å²) in [6.07, 6.45) is 1.75. The van der Waals surface area contributed by atoms with E-state index in [9.17, 15) is 9.59 Å². The van der Waals surface area contributed by atoms with Crippen LogP contribution >= 0.6 is 11.6 Å². The quantitative estimate of drug-likeness (QED) is 0.770. The highest BCUT2D eigenvalue weighted by molar-refractivity contribution is 6.33. The van der Waals surface area contributed by atoms with Crippen LogP contribution in [0.25, 0.3) is 11.0 Å². The monoisotopic (exact) mass is 370 g/mol. The van der Waals surface area contributed by atoms with Crippen LogP contribution < -0.4 is 10.9 Å². The van der Waals surface area contributed by atoms with Gasteiger partial charge in [-0.25, -0.2) is 4.98 Å². The summed E-state index contributed by atoms with van der Waals surface area (Å²) in [5.41, 5.74) is 3.48. The van der Waals surface area contributed by atoms with Crippen LogP contribution in [0, 0.1) is 13.8 Å². The fourth-order valence-electron chi connectivity index (χ4n) is 3.49. The Balaban J connectivity index is 1.68. The molecule has 0 radical (unpaired) electrons. The molecule has 0 saturated carbocycles. The van der Waals surface area contributed by atoms with Gasteiger partial charge >= 0.3 is 0 Å². The van der Waals surface area contributed by atoms with Crippen molar-refractivity contribution in [1.29, 1.82) is 0 Å². The van der Waals surface area contributed by atoms with Crippen LogP contribution in [0.1, 0.15) is 23.5 Å². The molecule has 6 nitrogen and oxygen atoms in total. The molecule has 26 heavy (non-hydrogen) atoms. The first-order valence-corrected chi connectivity index (χ1v) is 8.97. The third kappa shape index (κ3) is 2.80. The lowest BCUT2D eigenvalue weighted by molar-refractivity contribution is -0.116. The molecular formula is C19H19ClN4O2. The topological polar surface area (TPSA) is 68.9 Å². The molecule has 2 aromatic heterocycles. The molecule has 1 aliphatic heterocycles. The van der Waals surface area contributed by atoms with E-state index in [-0.39, 0.29) is 18.0 Å². The number of benzene rings is 1. The molecule has 1 amide bonds. The van der Waals surface area contributed by atoms with E-state index in [0.29, 0.717) is 28.3 Å². The average Bonchev–Trinajstić information content (AvgIpc) is 3.16. The van der Waals surface area contributed by atoms with E-state index in [4.69, 9.17) is 11.6 Å². The van der Waals surface area contributed by atoms with Gasteiger partial charge < -0.3 is 9.88 Å². The molecule has 0 spiro atoms. The number of aryl methyl sites for hydroxylation is 3. The second-order valence-corrected chi connectivity index (χ2v) is 7.13. The summed E-state index contributed by atoms with van der Waals surface area (Å²) in [6, 6.07) is 7.33. The molecule has 0 fully saturated rings. The maximum atomic E-state index is 12.8. The van der Waals surface area contributed by atoms with Crippen molar-refractivity contribution in [2.24, 2.45) is 0 Å². The zero-order valence-corrected chi connectivity index (χ0v) is 15.4. The molecule has 7 heteroatoms. The molecule has 3 aromatic rings. The van der Waals surface area contributed by atoms with Crippen LogP contribution in [0.2, 0.25) is 5.02 Å². The van der Waals surface area contributed by atoms with E-state index in [2.05, 4.69) is 10.3 Å². The maximum Gasteiger partial charge on any atom is 0.278 e. The molecule has 0 unspecified atom stereocenters. The number of nitrogens with zero attached hydrogens (tertiary/aromatic N) is 3. The van der Waals surface area contributed by atoms with Crippen LogP contribution in [-0.4, -0.2) is 20.0 Å². The number of aromatic nitrogens is 3. The number of anilines is 1. The number of carbonyl (C=O) groups excluding carboxylic acids is 1. The number of hydrogen-bond acceptors (Lipinski definition) is 3. The fourth-order valence-corrected chi connectivity index (χ4v) is 3.77.